The largest absolute Gasteiger partial charge is 0.341 e. The van der Waals surface area contributed by atoms with Crippen molar-refractivity contribution < 1.29 is 0 Å². The highest BCUT2D eigenvalue weighted by Gasteiger charge is 2.20. The zero-order valence-corrected chi connectivity index (χ0v) is 10.2. The lowest BCUT2D eigenvalue weighted by atomic mass is 9.80. The maximum atomic E-state index is 6.00. The van der Waals surface area contributed by atoms with Gasteiger partial charge in [0.15, 0.2) is 0 Å². The minimum absolute atomic E-state index is 0.0227. The van der Waals surface area contributed by atoms with Crippen LogP contribution in [0.15, 0.2) is 18.2 Å². The van der Waals surface area contributed by atoms with Gasteiger partial charge in [-0.1, -0.05) is 19.4 Å². The third-order valence-corrected chi connectivity index (χ3v) is 3.89. The molecule has 90 valence electrons. The molecule has 1 fully saturated rings. The molecule has 1 saturated carbocycles. The van der Waals surface area contributed by atoms with Gasteiger partial charge in [0.25, 0.3) is 0 Å². The molecule has 1 heterocycles. The van der Waals surface area contributed by atoms with Crippen molar-refractivity contribution in [3.8, 4) is 0 Å². The van der Waals surface area contributed by atoms with E-state index >= 15 is 0 Å². The lowest BCUT2D eigenvalue weighted by Crippen LogP contribution is -2.10. The molecular weight excluding hydrogens is 210 g/mol. The molecule has 0 aliphatic heterocycles. The summed E-state index contributed by atoms with van der Waals surface area (Å²) in [5, 5.41) is 0. The average Bonchev–Trinajstić information content (AvgIpc) is 2.68. The van der Waals surface area contributed by atoms with Gasteiger partial charge in [0, 0.05) is 0 Å². The van der Waals surface area contributed by atoms with Crippen LogP contribution in [0.4, 0.5) is 0 Å². The lowest BCUT2D eigenvalue weighted by molar-refractivity contribution is 0.420. The second-order valence-electron chi connectivity index (χ2n) is 5.04. The van der Waals surface area contributed by atoms with Crippen molar-refractivity contribution in [2.75, 3.05) is 0 Å². The first-order chi connectivity index (χ1) is 8.28. The second-order valence-corrected chi connectivity index (χ2v) is 5.04. The highest BCUT2D eigenvalue weighted by atomic mass is 15.0. The number of aromatic nitrogens is 2. The van der Waals surface area contributed by atoms with Gasteiger partial charge in [-0.2, -0.15) is 0 Å². The Labute approximate surface area is 101 Å². The monoisotopic (exact) mass is 229 g/mol. The van der Waals surface area contributed by atoms with Gasteiger partial charge in [-0.3, -0.25) is 0 Å². The van der Waals surface area contributed by atoms with Crippen molar-refractivity contribution in [2.24, 2.45) is 5.73 Å². The number of imidazole rings is 1. The van der Waals surface area contributed by atoms with Crippen molar-refractivity contribution in [1.82, 2.24) is 9.97 Å². The second kappa shape index (κ2) is 4.15. The molecular formula is C14H19N3. The van der Waals surface area contributed by atoms with Crippen LogP contribution >= 0.6 is 0 Å². The molecule has 17 heavy (non-hydrogen) atoms. The van der Waals surface area contributed by atoms with Crippen molar-refractivity contribution in [2.45, 2.75) is 44.6 Å². The summed E-state index contributed by atoms with van der Waals surface area (Å²) in [4.78, 5) is 7.92. The van der Waals surface area contributed by atoms with E-state index in [4.69, 9.17) is 5.73 Å². The summed E-state index contributed by atoms with van der Waals surface area (Å²) in [5.41, 5.74) is 9.60. The fourth-order valence-corrected chi connectivity index (χ4v) is 2.41. The zero-order valence-electron chi connectivity index (χ0n) is 10.2. The van der Waals surface area contributed by atoms with Gasteiger partial charge >= 0.3 is 0 Å². The molecule has 1 aromatic carbocycles. The first-order valence-electron chi connectivity index (χ1n) is 6.53. The van der Waals surface area contributed by atoms with E-state index in [1.54, 1.807) is 0 Å². The molecule has 1 aromatic heterocycles. The Balaban J connectivity index is 1.98. The number of hydrogen-bond donors (Lipinski definition) is 2. The van der Waals surface area contributed by atoms with Crippen molar-refractivity contribution in [3.63, 3.8) is 0 Å². The third-order valence-electron chi connectivity index (χ3n) is 3.89. The summed E-state index contributed by atoms with van der Waals surface area (Å²) in [6, 6.07) is 6.61. The van der Waals surface area contributed by atoms with Gasteiger partial charge < -0.3 is 10.7 Å². The van der Waals surface area contributed by atoms with Crippen molar-refractivity contribution >= 4 is 11.0 Å². The Morgan fingerprint density at radius 1 is 1.47 bits per heavy atom. The summed E-state index contributed by atoms with van der Waals surface area (Å²) in [5.74, 6) is 1.67. The molecule has 1 unspecified atom stereocenters. The molecule has 1 atom stereocenters. The third kappa shape index (κ3) is 1.84. The minimum atomic E-state index is 0.0227. The quantitative estimate of drug-likeness (QED) is 0.849. The summed E-state index contributed by atoms with van der Waals surface area (Å²) in [7, 11) is 0. The summed E-state index contributed by atoms with van der Waals surface area (Å²) in [6.07, 6.45) is 4.94. The molecule has 0 spiro atoms. The maximum Gasteiger partial charge on any atom is 0.124 e. The number of fused-ring (bicyclic) bond motifs is 1. The summed E-state index contributed by atoms with van der Waals surface area (Å²) < 4.78 is 0. The lowest BCUT2D eigenvalue weighted by Gasteiger charge is -2.25. The molecule has 3 nitrogen and oxygen atoms in total. The predicted octanol–water partition coefficient (Wildman–Crippen LogP) is 3.24. The standard InChI is InChI=1S/C14H19N3/c1-2-11(15)14-16-12-7-6-10(8-13(12)17-14)9-4-3-5-9/h6-9,11H,2-5,15H2,1H3,(H,16,17). The molecule has 2 aromatic rings. The van der Waals surface area contributed by atoms with E-state index in [2.05, 4.69) is 35.1 Å². The van der Waals surface area contributed by atoms with Crippen LogP contribution in [-0.4, -0.2) is 9.97 Å². The Bertz CT molecular complexity index is 522. The molecule has 3 rings (SSSR count). The predicted molar refractivity (Wildman–Crippen MR) is 69.9 cm³/mol. The Hall–Kier alpha value is -1.35. The van der Waals surface area contributed by atoms with Crippen LogP contribution in [0.2, 0.25) is 0 Å². The Morgan fingerprint density at radius 2 is 2.29 bits per heavy atom. The van der Waals surface area contributed by atoms with Gasteiger partial charge in [-0.15, -0.1) is 0 Å². The first kappa shape index (κ1) is 10.8. The van der Waals surface area contributed by atoms with E-state index < -0.39 is 0 Å². The van der Waals surface area contributed by atoms with Crippen LogP contribution in [0.3, 0.4) is 0 Å². The molecule has 3 heteroatoms. The molecule has 3 N–H and O–H groups in total. The summed E-state index contributed by atoms with van der Waals surface area (Å²) >= 11 is 0. The van der Waals surface area contributed by atoms with E-state index in [-0.39, 0.29) is 6.04 Å². The molecule has 0 amide bonds. The smallest absolute Gasteiger partial charge is 0.124 e. The molecule has 0 bridgehead atoms. The SMILES string of the molecule is CCC(N)c1nc2cc(C3CCC3)ccc2[nH]1. The molecule has 0 saturated heterocycles. The number of nitrogens with one attached hydrogen (secondary N) is 1. The number of aromatic amines is 1. The average molecular weight is 229 g/mol. The number of nitrogens with two attached hydrogens (primary N) is 1. The van der Waals surface area contributed by atoms with Crippen LogP contribution in [-0.2, 0) is 0 Å². The topological polar surface area (TPSA) is 54.7 Å². The Morgan fingerprint density at radius 3 is 2.94 bits per heavy atom. The van der Waals surface area contributed by atoms with E-state index in [0.29, 0.717) is 0 Å². The number of H-pyrrole nitrogens is 1. The first-order valence-corrected chi connectivity index (χ1v) is 6.53. The fraction of sp³-hybridized carbons (Fsp3) is 0.500. The van der Waals surface area contributed by atoms with Gasteiger partial charge in [0.1, 0.15) is 5.82 Å². The van der Waals surface area contributed by atoms with Gasteiger partial charge in [-0.05, 0) is 42.9 Å². The normalized spacial score (nSPS) is 18.2. The van der Waals surface area contributed by atoms with Crippen molar-refractivity contribution in [1.29, 1.82) is 0 Å². The Kier molecular flexibility index (Phi) is 2.63. The highest BCUT2D eigenvalue weighted by Crippen LogP contribution is 2.37. The molecule has 1 aliphatic rings. The highest BCUT2D eigenvalue weighted by molar-refractivity contribution is 5.76. The number of hydrogen-bond acceptors (Lipinski definition) is 2. The molecule has 1 aliphatic carbocycles. The van der Waals surface area contributed by atoms with Gasteiger partial charge in [0.2, 0.25) is 0 Å². The summed E-state index contributed by atoms with van der Waals surface area (Å²) in [6.45, 7) is 2.08. The van der Waals surface area contributed by atoms with E-state index in [1.807, 2.05) is 0 Å². The number of rotatable bonds is 3. The zero-order chi connectivity index (χ0) is 11.8. The van der Waals surface area contributed by atoms with Gasteiger partial charge in [0.05, 0.1) is 17.1 Å². The van der Waals surface area contributed by atoms with E-state index in [1.165, 1.54) is 24.8 Å². The number of nitrogens with zero attached hydrogens (tertiary/aromatic N) is 1. The van der Waals surface area contributed by atoms with Crippen molar-refractivity contribution in [3.05, 3.63) is 29.6 Å². The van der Waals surface area contributed by atoms with E-state index in [0.717, 1.165) is 29.2 Å². The van der Waals surface area contributed by atoms with Gasteiger partial charge in [-0.25, -0.2) is 4.98 Å². The maximum absolute atomic E-state index is 6.00. The fourth-order valence-electron chi connectivity index (χ4n) is 2.41. The van der Waals surface area contributed by atoms with Crippen LogP contribution in [0.5, 0.6) is 0 Å². The molecule has 0 radical (unpaired) electrons. The number of benzene rings is 1. The minimum Gasteiger partial charge on any atom is -0.341 e. The van der Waals surface area contributed by atoms with Crippen LogP contribution in [0.25, 0.3) is 11.0 Å². The van der Waals surface area contributed by atoms with Crippen LogP contribution in [0, 0.1) is 0 Å². The van der Waals surface area contributed by atoms with E-state index in [9.17, 15) is 0 Å². The van der Waals surface area contributed by atoms with Crippen LogP contribution in [0.1, 0.15) is 56.0 Å². The van der Waals surface area contributed by atoms with Crippen LogP contribution < -0.4 is 5.73 Å².